The Morgan fingerprint density at radius 3 is 2.52 bits per heavy atom. The lowest BCUT2D eigenvalue weighted by Gasteiger charge is -2.18. The van der Waals surface area contributed by atoms with Crippen molar-refractivity contribution in [3.8, 4) is 0 Å². The molecular weight excluding hydrogens is 304 g/mol. The fourth-order valence-electron chi connectivity index (χ4n) is 2.01. The summed E-state index contributed by atoms with van der Waals surface area (Å²) in [6.45, 7) is 2.43. The Bertz CT molecular complexity index is 658. The van der Waals surface area contributed by atoms with Gasteiger partial charge in [-0.2, -0.15) is 4.57 Å². The van der Waals surface area contributed by atoms with Crippen LogP contribution in [-0.4, -0.2) is 17.4 Å². The molecule has 21 heavy (non-hydrogen) atoms. The van der Waals surface area contributed by atoms with Crippen molar-refractivity contribution in [1.29, 1.82) is 0 Å². The minimum atomic E-state index is -0.652. The molecule has 0 N–H and O–H groups in total. The fraction of sp³-hybridized carbons (Fsp3) is 0.188. The van der Waals surface area contributed by atoms with Gasteiger partial charge in [0.15, 0.2) is 12.4 Å². The van der Waals surface area contributed by atoms with Crippen molar-refractivity contribution in [3.05, 3.63) is 65.4 Å². The summed E-state index contributed by atoms with van der Waals surface area (Å²) in [5, 5.41) is 0.780. The minimum absolute atomic E-state index is 0.154. The van der Waals surface area contributed by atoms with E-state index < -0.39 is 6.04 Å². The van der Waals surface area contributed by atoms with Gasteiger partial charge >= 0.3 is 0 Å². The van der Waals surface area contributed by atoms with Gasteiger partial charge in [-0.15, -0.1) is 0 Å². The molecule has 0 amide bonds. The maximum atomic E-state index is 12.8. The van der Waals surface area contributed by atoms with Crippen molar-refractivity contribution in [2.45, 2.75) is 13.0 Å². The summed E-state index contributed by atoms with van der Waals surface area (Å²) in [5.74, 6) is -0.154. The molecule has 1 aromatic heterocycles. The first-order valence-electron chi connectivity index (χ1n) is 6.61. The van der Waals surface area contributed by atoms with Crippen LogP contribution >= 0.6 is 11.6 Å². The third-order valence-electron chi connectivity index (χ3n) is 2.97. The Morgan fingerprint density at radius 2 is 1.90 bits per heavy atom. The van der Waals surface area contributed by atoms with Gasteiger partial charge in [-0.1, -0.05) is 29.8 Å². The lowest BCUT2D eigenvalue weighted by atomic mass is 10.0. The third kappa shape index (κ3) is 3.65. The quantitative estimate of drug-likeness (QED) is 0.279. The second-order valence-corrected chi connectivity index (χ2v) is 5.21. The summed E-state index contributed by atoms with van der Waals surface area (Å²) < 4.78 is 1.76. The molecule has 1 unspecified atom stereocenters. The highest BCUT2D eigenvalue weighted by Crippen LogP contribution is 2.20. The summed E-state index contributed by atoms with van der Waals surface area (Å²) in [5.41, 5.74) is 0.453. The van der Waals surface area contributed by atoms with Crippen molar-refractivity contribution in [1.82, 2.24) is 0 Å². The summed E-state index contributed by atoms with van der Waals surface area (Å²) in [4.78, 5) is 17.1. The SMILES string of the molecule is CCN=C([S-])C(C(=O)c1ccccc1Cl)[n+]1ccccc1. The summed E-state index contributed by atoms with van der Waals surface area (Å²) in [6, 6.07) is 11.9. The monoisotopic (exact) mass is 318 g/mol. The van der Waals surface area contributed by atoms with Crippen molar-refractivity contribution in [3.63, 3.8) is 0 Å². The number of pyridine rings is 1. The van der Waals surface area contributed by atoms with E-state index >= 15 is 0 Å². The molecule has 0 aliphatic rings. The maximum Gasteiger partial charge on any atom is 0.237 e. The van der Waals surface area contributed by atoms with Gasteiger partial charge in [0.05, 0.1) is 5.02 Å². The van der Waals surface area contributed by atoms with E-state index in [9.17, 15) is 4.79 Å². The van der Waals surface area contributed by atoms with Crippen molar-refractivity contribution in [2.75, 3.05) is 6.54 Å². The summed E-state index contributed by atoms with van der Waals surface area (Å²) in [6.07, 6.45) is 3.60. The van der Waals surface area contributed by atoms with E-state index in [2.05, 4.69) is 4.99 Å². The number of aliphatic imine (C=N–C) groups is 1. The molecule has 108 valence electrons. The molecule has 3 nitrogen and oxygen atoms in total. The zero-order chi connectivity index (χ0) is 15.2. The van der Waals surface area contributed by atoms with Gasteiger partial charge in [0.2, 0.25) is 11.8 Å². The standard InChI is InChI=1S/C16H15ClN2OS/c1-2-18-16(21)14(19-10-6-3-7-11-19)15(20)12-8-4-5-9-13(12)17/h3-11,14H,2H2,1H3. The van der Waals surface area contributed by atoms with E-state index in [0.717, 1.165) is 0 Å². The van der Waals surface area contributed by atoms with Crippen LogP contribution in [0.1, 0.15) is 23.3 Å². The number of Topliss-reactive ketones (excluding diaryl/α,β-unsaturated/α-hetero) is 1. The van der Waals surface area contributed by atoms with Crippen LogP contribution in [0.25, 0.3) is 0 Å². The number of aromatic nitrogens is 1. The van der Waals surface area contributed by atoms with Gasteiger partial charge in [-0.05, 0) is 24.1 Å². The third-order valence-corrected chi connectivity index (χ3v) is 3.65. The molecule has 0 saturated carbocycles. The molecule has 0 fully saturated rings. The van der Waals surface area contributed by atoms with E-state index in [1.54, 1.807) is 41.2 Å². The molecule has 0 aliphatic heterocycles. The molecule has 0 bridgehead atoms. The fourth-order valence-corrected chi connectivity index (χ4v) is 2.60. The predicted molar refractivity (Wildman–Crippen MR) is 86.8 cm³/mol. The number of ketones is 1. The van der Waals surface area contributed by atoms with Gasteiger partial charge in [-0.25, -0.2) is 0 Å². The largest absolute Gasteiger partial charge is 0.758 e. The van der Waals surface area contributed by atoms with Crippen LogP contribution in [0.2, 0.25) is 5.02 Å². The molecule has 0 spiro atoms. The van der Waals surface area contributed by atoms with Gasteiger partial charge in [0.25, 0.3) is 0 Å². The maximum absolute atomic E-state index is 12.8. The van der Waals surface area contributed by atoms with Crippen LogP contribution < -0.4 is 4.57 Å². The van der Waals surface area contributed by atoms with Crippen molar-refractivity contribution >= 4 is 35.1 Å². The average Bonchev–Trinajstić information content (AvgIpc) is 2.49. The first kappa shape index (κ1) is 15.6. The lowest BCUT2D eigenvalue weighted by molar-refractivity contribution is -0.691. The van der Waals surface area contributed by atoms with Crippen molar-refractivity contribution in [2.24, 2.45) is 4.99 Å². The smallest absolute Gasteiger partial charge is 0.237 e. The molecule has 1 atom stereocenters. The number of benzene rings is 1. The number of halogens is 1. The van der Waals surface area contributed by atoms with E-state index in [-0.39, 0.29) is 5.78 Å². The number of carbonyl (C=O) groups is 1. The molecule has 1 aromatic carbocycles. The number of hydrogen-bond acceptors (Lipinski definition) is 3. The van der Waals surface area contributed by atoms with Gasteiger partial charge in [0, 0.05) is 24.2 Å². The highest BCUT2D eigenvalue weighted by Gasteiger charge is 2.29. The van der Waals surface area contributed by atoms with Gasteiger partial charge in [-0.3, -0.25) is 4.79 Å². The Hall–Kier alpha value is -1.78. The second-order valence-electron chi connectivity index (χ2n) is 4.38. The molecular formula is C16H15ClN2OS. The molecule has 2 aromatic rings. The van der Waals surface area contributed by atoms with Gasteiger partial charge in [0.1, 0.15) is 0 Å². The van der Waals surface area contributed by atoms with Gasteiger partial charge < -0.3 is 17.6 Å². The molecule has 1 heterocycles. The molecule has 0 radical (unpaired) electrons. The Balaban J connectivity index is 2.48. The summed E-state index contributed by atoms with van der Waals surface area (Å²) >= 11 is 11.5. The first-order chi connectivity index (χ1) is 10.1. The first-order valence-corrected chi connectivity index (χ1v) is 7.39. The number of nitrogens with zero attached hydrogens (tertiary/aromatic N) is 2. The van der Waals surface area contributed by atoms with Crippen molar-refractivity contribution < 1.29 is 9.36 Å². The van der Waals surface area contributed by atoms with Crippen LogP contribution in [0.3, 0.4) is 0 Å². The second kappa shape index (κ2) is 7.29. The van der Waals surface area contributed by atoms with E-state index in [1.807, 2.05) is 25.1 Å². The Morgan fingerprint density at radius 1 is 1.24 bits per heavy atom. The van der Waals surface area contributed by atoms with E-state index in [0.29, 0.717) is 22.2 Å². The minimum Gasteiger partial charge on any atom is -0.758 e. The highest BCUT2D eigenvalue weighted by atomic mass is 35.5. The Kier molecular flexibility index (Phi) is 5.42. The average molecular weight is 319 g/mol. The zero-order valence-corrected chi connectivity index (χ0v) is 13.1. The van der Waals surface area contributed by atoms with Crippen LogP contribution in [-0.2, 0) is 12.6 Å². The van der Waals surface area contributed by atoms with Crippen LogP contribution in [0.15, 0.2) is 59.9 Å². The van der Waals surface area contributed by atoms with E-state index in [4.69, 9.17) is 24.2 Å². The number of hydrogen-bond donors (Lipinski definition) is 0. The van der Waals surface area contributed by atoms with Crippen LogP contribution in [0.5, 0.6) is 0 Å². The molecule has 0 aliphatic carbocycles. The normalized spacial score (nSPS) is 13.0. The topological polar surface area (TPSA) is 33.3 Å². The molecule has 2 rings (SSSR count). The predicted octanol–water partition coefficient (Wildman–Crippen LogP) is 3.02. The van der Waals surface area contributed by atoms with E-state index in [1.165, 1.54) is 0 Å². The highest BCUT2D eigenvalue weighted by molar-refractivity contribution is 7.77. The van der Waals surface area contributed by atoms with Crippen LogP contribution in [0.4, 0.5) is 0 Å². The molecule has 0 saturated heterocycles. The number of carbonyl (C=O) groups excluding carboxylic acids is 1. The molecule has 5 heteroatoms. The summed E-state index contributed by atoms with van der Waals surface area (Å²) in [7, 11) is 0. The number of rotatable bonds is 5. The van der Waals surface area contributed by atoms with Crippen LogP contribution in [0, 0.1) is 0 Å². The lowest BCUT2D eigenvalue weighted by Crippen LogP contribution is -2.47. The Labute approximate surface area is 134 Å². The zero-order valence-electron chi connectivity index (χ0n) is 11.6.